The molecule has 1 unspecified atom stereocenters. The fraction of sp³-hybridized carbons (Fsp3) is 0.0278. The third-order valence-corrected chi connectivity index (χ3v) is 8.00. The zero-order valence-corrected chi connectivity index (χ0v) is 22.0. The van der Waals surface area contributed by atoms with E-state index in [0.717, 1.165) is 55.5 Å². The maximum atomic E-state index is 9.34. The SMILES string of the molecule is C=C1c2ccccc2-c2ccc3c4ccccc4n(C4=NC(c5ccc(C#N)cc5)N=C(c5ccccc5)N4)c3c21. The first-order valence-electron chi connectivity index (χ1n) is 13.5. The summed E-state index contributed by atoms with van der Waals surface area (Å²) in [4.78, 5) is 10.2. The van der Waals surface area contributed by atoms with E-state index < -0.39 is 6.17 Å². The Morgan fingerprint density at radius 1 is 0.707 bits per heavy atom. The van der Waals surface area contributed by atoms with Gasteiger partial charge in [0.25, 0.3) is 0 Å². The van der Waals surface area contributed by atoms with Gasteiger partial charge in [0.2, 0.25) is 5.96 Å². The number of nitrogens with zero attached hydrogens (tertiary/aromatic N) is 4. The highest BCUT2D eigenvalue weighted by Gasteiger charge is 2.29. The van der Waals surface area contributed by atoms with Crippen LogP contribution in [0.15, 0.2) is 132 Å². The predicted octanol–water partition coefficient (Wildman–Crippen LogP) is 7.66. The predicted molar refractivity (Wildman–Crippen MR) is 166 cm³/mol. The van der Waals surface area contributed by atoms with E-state index in [1.807, 2.05) is 54.6 Å². The first-order chi connectivity index (χ1) is 20.2. The Hall–Kier alpha value is -5.73. The number of hydrogen-bond donors (Lipinski definition) is 1. The molecular weight excluding hydrogens is 502 g/mol. The topological polar surface area (TPSA) is 65.5 Å². The molecule has 0 spiro atoms. The van der Waals surface area contributed by atoms with Crippen LogP contribution in [0.2, 0.25) is 0 Å². The Bertz CT molecular complexity index is 2140. The summed E-state index contributed by atoms with van der Waals surface area (Å²) in [6.45, 7) is 4.56. The van der Waals surface area contributed by atoms with Crippen molar-refractivity contribution in [1.29, 1.82) is 5.26 Å². The van der Waals surface area contributed by atoms with Crippen LogP contribution in [0.5, 0.6) is 0 Å². The number of fused-ring (bicyclic) bond motifs is 7. The summed E-state index contributed by atoms with van der Waals surface area (Å²) in [6, 6.07) is 41.2. The fourth-order valence-corrected chi connectivity index (χ4v) is 6.10. The molecule has 5 nitrogen and oxygen atoms in total. The number of para-hydroxylation sites is 1. The summed E-state index contributed by atoms with van der Waals surface area (Å²) in [5.41, 5.74) is 10.3. The molecule has 1 atom stereocenters. The summed E-state index contributed by atoms with van der Waals surface area (Å²) >= 11 is 0. The highest BCUT2D eigenvalue weighted by Crippen LogP contribution is 2.48. The van der Waals surface area contributed by atoms with Gasteiger partial charge < -0.3 is 5.32 Å². The highest BCUT2D eigenvalue weighted by atomic mass is 15.3. The molecule has 0 amide bonds. The zero-order chi connectivity index (χ0) is 27.5. The quantitative estimate of drug-likeness (QED) is 0.252. The van der Waals surface area contributed by atoms with Gasteiger partial charge in [-0.15, -0.1) is 0 Å². The minimum absolute atomic E-state index is 0.484. The van der Waals surface area contributed by atoms with Gasteiger partial charge in [-0.2, -0.15) is 5.26 Å². The maximum absolute atomic E-state index is 9.34. The number of benzene rings is 5. The number of hydrogen-bond acceptors (Lipinski definition) is 4. The van der Waals surface area contributed by atoms with Crippen molar-refractivity contribution >= 4 is 39.2 Å². The Morgan fingerprint density at radius 2 is 1.44 bits per heavy atom. The van der Waals surface area contributed by atoms with Crippen molar-refractivity contribution in [2.45, 2.75) is 6.17 Å². The Morgan fingerprint density at radius 3 is 2.24 bits per heavy atom. The molecule has 0 bridgehead atoms. The van der Waals surface area contributed by atoms with E-state index in [9.17, 15) is 5.26 Å². The van der Waals surface area contributed by atoms with E-state index in [1.54, 1.807) is 0 Å². The van der Waals surface area contributed by atoms with Crippen LogP contribution in [0.4, 0.5) is 0 Å². The molecule has 0 fully saturated rings. The van der Waals surface area contributed by atoms with Gasteiger partial charge in [0.15, 0.2) is 6.17 Å². The lowest BCUT2D eigenvalue weighted by atomic mass is 10.0. The first-order valence-corrected chi connectivity index (χ1v) is 13.5. The van der Waals surface area contributed by atoms with Gasteiger partial charge in [0.05, 0.1) is 22.7 Å². The number of aromatic nitrogens is 1. The van der Waals surface area contributed by atoms with Crippen LogP contribution >= 0.6 is 0 Å². The molecule has 5 heteroatoms. The van der Waals surface area contributed by atoms with Gasteiger partial charge in [-0.1, -0.05) is 104 Å². The molecule has 5 aromatic carbocycles. The van der Waals surface area contributed by atoms with Gasteiger partial charge in [-0.25, -0.2) is 9.98 Å². The average Bonchev–Trinajstić information content (AvgIpc) is 3.53. The van der Waals surface area contributed by atoms with Crippen LogP contribution in [0.1, 0.15) is 34.0 Å². The van der Waals surface area contributed by atoms with E-state index in [0.29, 0.717) is 11.5 Å². The molecule has 2 aliphatic rings. The third kappa shape index (κ3) is 3.48. The van der Waals surface area contributed by atoms with Crippen molar-refractivity contribution in [3.8, 4) is 17.2 Å². The molecule has 2 heterocycles. The molecule has 0 saturated heterocycles. The molecular formula is C36H23N5. The monoisotopic (exact) mass is 525 g/mol. The van der Waals surface area contributed by atoms with Crippen molar-refractivity contribution in [3.63, 3.8) is 0 Å². The number of amidine groups is 1. The minimum Gasteiger partial charge on any atom is -0.310 e. The molecule has 6 aromatic rings. The van der Waals surface area contributed by atoms with Gasteiger partial charge in [-0.3, -0.25) is 4.57 Å². The summed E-state index contributed by atoms with van der Waals surface area (Å²) in [5, 5.41) is 15.2. The summed E-state index contributed by atoms with van der Waals surface area (Å²) < 4.78 is 2.23. The van der Waals surface area contributed by atoms with Gasteiger partial charge in [0, 0.05) is 21.9 Å². The molecule has 1 aliphatic heterocycles. The Kier molecular flexibility index (Phi) is 5.03. The average molecular weight is 526 g/mol. The lowest BCUT2D eigenvalue weighted by Crippen LogP contribution is -2.39. The van der Waals surface area contributed by atoms with E-state index >= 15 is 0 Å². The van der Waals surface area contributed by atoms with Crippen LogP contribution in [0.25, 0.3) is 38.5 Å². The van der Waals surface area contributed by atoms with E-state index in [4.69, 9.17) is 9.98 Å². The van der Waals surface area contributed by atoms with E-state index in [1.165, 1.54) is 11.1 Å². The largest absolute Gasteiger partial charge is 0.310 e. The molecule has 1 aromatic heterocycles. The summed E-state index contributed by atoms with van der Waals surface area (Å²) in [5.74, 6) is 1.43. The van der Waals surface area contributed by atoms with Crippen LogP contribution in [0.3, 0.4) is 0 Å². The van der Waals surface area contributed by atoms with Crippen molar-refractivity contribution in [3.05, 3.63) is 150 Å². The van der Waals surface area contributed by atoms with Gasteiger partial charge in [0.1, 0.15) is 5.84 Å². The minimum atomic E-state index is -0.484. The molecule has 0 radical (unpaired) electrons. The Balaban J connectivity index is 1.41. The van der Waals surface area contributed by atoms with Gasteiger partial charge in [-0.05, 0) is 46.0 Å². The molecule has 8 rings (SSSR count). The van der Waals surface area contributed by atoms with Crippen molar-refractivity contribution in [1.82, 2.24) is 9.88 Å². The van der Waals surface area contributed by atoms with Crippen LogP contribution < -0.4 is 5.32 Å². The van der Waals surface area contributed by atoms with Crippen molar-refractivity contribution < 1.29 is 0 Å². The second-order valence-electron chi connectivity index (χ2n) is 10.3. The lowest BCUT2D eigenvalue weighted by Gasteiger charge is -2.24. The van der Waals surface area contributed by atoms with Crippen LogP contribution in [0, 0.1) is 11.3 Å². The second-order valence-corrected chi connectivity index (χ2v) is 10.3. The molecule has 41 heavy (non-hydrogen) atoms. The first kappa shape index (κ1) is 23.2. The van der Waals surface area contributed by atoms with Crippen molar-refractivity contribution in [2.24, 2.45) is 9.98 Å². The van der Waals surface area contributed by atoms with E-state index in [2.05, 4.69) is 83.2 Å². The molecule has 1 aliphatic carbocycles. The summed E-state index contributed by atoms with van der Waals surface area (Å²) in [6.07, 6.45) is -0.484. The fourth-order valence-electron chi connectivity index (χ4n) is 6.10. The second kappa shape index (κ2) is 8.90. The van der Waals surface area contributed by atoms with Crippen LogP contribution in [-0.4, -0.2) is 16.4 Å². The number of rotatable bonds is 2. The normalized spacial score (nSPS) is 15.6. The number of aliphatic imine (C=N–C) groups is 2. The summed E-state index contributed by atoms with van der Waals surface area (Å²) in [7, 11) is 0. The third-order valence-electron chi connectivity index (χ3n) is 8.00. The molecule has 1 N–H and O–H groups in total. The number of nitriles is 1. The maximum Gasteiger partial charge on any atom is 0.211 e. The van der Waals surface area contributed by atoms with E-state index in [-0.39, 0.29) is 0 Å². The lowest BCUT2D eigenvalue weighted by molar-refractivity contribution is 0.745. The standard InChI is InChI=1S/C36H23N5/c1-22-26-11-5-6-12-27(26)29-19-20-30-28-13-7-8-14-31(28)41(33(30)32(22)29)36-39-34(24-9-3-2-4-10-24)38-35(40-36)25-17-15-23(21-37)16-18-25/h2-20,35H,1H2,(H,38,39,40). The Labute approximate surface area is 237 Å². The van der Waals surface area contributed by atoms with Crippen molar-refractivity contribution in [2.75, 3.05) is 0 Å². The smallest absolute Gasteiger partial charge is 0.211 e. The molecule has 0 saturated carbocycles. The number of nitrogens with one attached hydrogen (secondary N) is 1. The van der Waals surface area contributed by atoms with Gasteiger partial charge >= 0.3 is 0 Å². The zero-order valence-electron chi connectivity index (χ0n) is 22.0. The van der Waals surface area contributed by atoms with Crippen LogP contribution in [-0.2, 0) is 0 Å². The highest BCUT2D eigenvalue weighted by molar-refractivity contribution is 6.23. The molecule has 192 valence electrons.